The van der Waals surface area contributed by atoms with Crippen molar-refractivity contribution in [3.8, 4) is 0 Å². The topological polar surface area (TPSA) is 6.48 Å². The van der Waals surface area contributed by atoms with Crippen LogP contribution in [0, 0.1) is 13.8 Å². The number of benzene rings is 1. The molecule has 2 heterocycles. The van der Waals surface area contributed by atoms with Gasteiger partial charge in [-0.3, -0.25) is 4.90 Å². The number of anilines is 1. The lowest BCUT2D eigenvalue weighted by Crippen LogP contribution is -2.59. The second kappa shape index (κ2) is 5.77. The van der Waals surface area contributed by atoms with Crippen LogP contribution in [0.5, 0.6) is 0 Å². The standard InChI is InChI=1S/C18H28N2/c1-4-16-12-19-11-6-5-9-17(19)13-20(16)18-10-7-8-14(2)15(18)3/h7-8,10,16-17H,4-6,9,11-13H2,1-3H3. The summed E-state index contributed by atoms with van der Waals surface area (Å²) in [4.78, 5) is 5.45. The SMILES string of the molecule is CCC1CN2CCCCC2CN1c1cccc(C)c1C. The molecule has 0 aliphatic carbocycles. The third kappa shape index (κ3) is 2.46. The van der Waals surface area contributed by atoms with Crippen LogP contribution in [0.1, 0.15) is 43.7 Å². The molecule has 0 bridgehead atoms. The smallest absolute Gasteiger partial charge is 0.0415 e. The van der Waals surface area contributed by atoms with Crippen LogP contribution >= 0.6 is 0 Å². The van der Waals surface area contributed by atoms with Crippen LogP contribution in [-0.2, 0) is 0 Å². The van der Waals surface area contributed by atoms with Gasteiger partial charge >= 0.3 is 0 Å². The van der Waals surface area contributed by atoms with E-state index in [1.54, 1.807) is 0 Å². The van der Waals surface area contributed by atoms with Crippen molar-refractivity contribution in [1.29, 1.82) is 0 Å². The number of hydrogen-bond acceptors (Lipinski definition) is 2. The number of nitrogens with zero attached hydrogens (tertiary/aromatic N) is 2. The minimum absolute atomic E-state index is 0.685. The van der Waals surface area contributed by atoms with Crippen molar-refractivity contribution in [3.05, 3.63) is 29.3 Å². The lowest BCUT2D eigenvalue weighted by Gasteiger charge is -2.49. The fraction of sp³-hybridized carbons (Fsp3) is 0.667. The summed E-state index contributed by atoms with van der Waals surface area (Å²) in [5, 5.41) is 0. The highest BCUT2D eigenvalue weighted by atomic mass is 15.3. The van der Waals surface area contributed by atoms with Crippen molar-refractivity contribution in [2.24, 2.45) is 0 Å². The molecule has 2 fully saturated rings. The monoisotopic (exact) mass is 272 g/mol. The Labute approximate surface area is 123 Å². The van der Waals surface area contributed by atoms with Gasteiger partial charge in [0.05, 0.1) is 0 Å². The first-order valence-corrected chi connectivity index (χ1v) is 8.27. The van der Waals surface area contributed by atoms with Gasteiger partial charge < -0.3 is 4.90 Å². The predicted octanol–water partition coefficient (Wildman–Crippen LogP) is 3.76. The fourth-order valence-corrected chi connectivity index (χ4v) is 3.94. The van der Waals surface area contributed by atoms with Crippen LogP contribution in [0.2, 0.25) is 0 Å². The molecular formula is C18H28N2. The van der Waals surface area contributed by atoms with E-state index in [1.807, 2.05) is 0 Å². The molecular weight excluding hydrogens is 244 g/mol. The summed E-state index contributed by atoms with van der Waals surface area (Å²) >= 11 is 0. The van der Waals surface area contributed by atoms with Crippen molar-refractivity contribution in [3.63, 3.8) is 0 Å². The molecule has 1 aromatic carbocycles. The van der Waals surface area contributed by atoms with Crippen molar-refractivity contribution >= 4 is 5.69 Å². The van der Waals surface area contributed by atoms with Gasteiger partial charge in [0.25, 0.3) is 0 Å². The molecule has 2 unspecified atom stereocenters. The molecule has 0 amide bonds. The Morgan fingerprint density at radius 1 is 1.15 bits per heavy atom. The zero-order chi connectivity index (χ0) is 14.1. The highest BCUT2D eigenvalue weighted by Gasteiger charge is 2.34. The van der Waals surface area contributed by atoms with Crippen LogP contribution in [0.3, 0.4) is 0 Å². The van der Waals surface area contributed by atoms with E-state index in [0.717, 1.165) is 6.04 Å². The predicted molar refractivity (Wildman–Crippen MR) is 86.6 cm³/mol. The molecule has 3 rings (SSSR count). The summed E-state index contributed by atoms with van der Waals surface area (Å²) in [6, 6.07) is 8.24. The zero-order valence-electron chi connectivity index (χ0n) is 13.2. The quantitative estimate of drug-likeness (QED) is 0.809. The molecule has 0 spiro atoms. The maximum atomic E-state index is 2.75. The summed E-state index contributed by atoms with van der Waals surface area (Å²) in [5.41, 5.74) is 4.36. The van der Waals surface area contributed by atoms with Gasteiger partial charge in [-0.05, 0) is 56.8 Å². The van der Waals surface area contributed by atoms with E-state index in [0.29, 0.717) is 6.04 Å². The third-order valence-corrected chi connectivity index (χ3v) is 5.40. The maximum Gasteiger partial charge on any atom is 0.0415 e. The van der Waals surface area contributed by atoms with E-state index >= 15 is 0 Å². The van der Waals surface area contributed by atoms with Gasteiger partial charge in [0.1, 0.15) is 0 Å². The molecule has 2 atom stereocenters. The minimum Gasteiger partial charge on any atom is -0.365 e. The molecule has 110 valence electrons. The minimum atomic E-state index is 0.685. The lowest BCUT2D eigenvalue weighted by molar-refractivity contribution is 0.111. The van der Waals surface area contributed by atoms with Crippen molar-refractivity contribution in [1.82, 2.24) is 4.90 Å². The van der Waals surface area contributed by atoms with Crippen LogP contribution < -0.4 is 4.90 Å². The highest BCUT2D eigenvalue weighted by Crippen LogP contribution is 2.32. The van der Waals surface area contributed by atoms with E-state index in [9.17, 15) is 0 Å². The maximum absolute atomic E-state index is 2.75. The molecule has 2 aliphatic heterocycles. The number of rotatable bonds is 2. The van der Waals surface area contributed by atoms with Crippen LogP contribution in [0.25, 0.3) is 0 Å². The number of hydrogen-bond donors (Lipinski definition) is 0. The normalized spacial score (nSPS) is 27.4. The van der Waals surface area contributed by atoms with Gasteiger partial charge in [-0.15, -0.1) is 0 Å². The Balaban J connectivity index is 1.88. The largest absolute Gasteiger partial charge is 0.365 e. The number of piperidine rings is 1. The molecule has 0 radical (unpaired) electrons. The summed E-state index contributed by atoms with van der Waals surface area (Å²) in [7, 11) is 0. The third-order valence-electron chi connectivity index (χ3n) is 5.40. The van der Waals surface area contributed by atoms with Crippen LogP contribution in [0.4, 0.5) is 5.69 Å². The molecule has 0 N–H and O–H groups in total. The Morgan fingerprint density at radius 3 is 2.80 bits per heavy atom. The first-order chi connectivity index (χ1) is 9.70. The second-order valence-corrected chi connectivity index (χ2v) is 6.58. The molecule has 1 aromatic rings. The van der Waals surface area contributed by atoms with Crippen LogP contribution in [0.15, 0.2) is 18.2 Å². The van der Waals surface area contributed by atoms with Crippen molar-refractivity contribution < 1.29 is 0 Å². The molecule has 2 heteroatoms. The molecule has 2 saturated heterocycles. The average Bonchev–Trinajstić information content (AvgIpc) is 2.48. The number of piperazine rings is 1. The van der Waals surface area contributed by atoms with Gasteiger partial charge in [-0.1, -0.05) is 25.5 Å². The van der Waals surface area contributed by atoms with Gasteiger partial charge in [0.15, 0.2) is 0 Å². The Hall–Kier alpha value is -1.02. The van der Waals surface area contributed by atoms with E-state index in [4.69, 9.17) is 0 Å². The fourth-order valence-electron chi connectivity index (χ4n) is 3.94. The highest BCUT2D eigenvalue weighted by molar-refractivity contribution is 5.57. The molecule has 2 aliphatic rings. The van der Waals surface area contributed by atoms with Gasteiger partial charge in [0, 0.05) is 30.9 Å². The Bertz CT molecular complexity index is 468. The molecule has 0 aromatic heterocycles. The van der Waals surface area contributed by atoms with E-state index in [-0.39, 0.29) is 0 Å². The molecule has 0 saturated carbocycles. The van der Waals surface area contributed by atoms with Crippen molar-refractivity contribution in [2.75, 3.05) is 24.5 Å². The first kappa shape index (κ1) is 13.9. The summed E-state index contributed by atoms with van der Waals surface area (Å²) in [6.45, 7) is 10.7. The van der Waals surface area contributed by atoms with Gasteiger partial charge in [-0.2, -0.15) is 0 Å². The first-order valence-electron chi connectivity index (χ1n) is 8.27. The number of aryl methyl sites for hydroxylation is 1. The van der Waals surface area contributed by atoms with E-state index < -0.39 is 0 Å². The molecule has 20 heavy (non-hydrogen) atoms. The summed E-state index contributed by atoms with van der Waals surface area (Å²) in [6.07, 6.45) is 5.45. The van der Waals surface area contributed by atoms with E-state index in [2.05, 4.69) is 48.8 Å². The summed E-state index contributed by atoms with van der Waals surface area (Å²) < 4.78 is 0. The van der Waals surface area contributed by atoms with Crippen LogP contribution in [-0.4, -0.2) is 36.6 Å². The summed E-state index contributed by atoms with van der Waals surface area (Å²) in [5.74, 6) is 0. The van der Waals surface area contributed by atoms with Crippen molar-refractivity contribution in [2.45, 2.75) is 58.5 Å². The lowest BCUT2D eigenvalue weighted by atomic mass is 9.94. The van der Waals surface area contributed by atoms with Gasteiger partial charge in [-0.25, -0.2) is 0 Å². The zero-order valence-corrected chi connectivity index (χ0v) is 13.2. The van der Waals surface area contributed by atoms with E-state index in [1.165, 1.54) is 62.1 Å². The van der Waals surface area contributed by atoms with Gasteiger partial charge in [0.2, 0.25) is 0 Å². The molecule has 2 nitrogen and oxygen atoms in total. The average molecular weight is 272 g/mol. The Kier molecular flexibility index (Phi) is 4.02. The number of fused-ring (bicyclic) bond motifs is 1. The Morgan fingerprint density at radius 2 is 2.00 bits per heavy atom. The second-order valence-electron chi connectivity index (χ2n) is 6.58.